The van der Waals surface area contributed by atoms with Gasteiger partial charge >= 0.3 is 0 Å². The molecule has 0 radical (unpaired) electrons. The van der Waals surface area contributed by atoms with E-state index in [9.17, 15) is 0 Å². The smallest absolute Gasteiger partial charge is 0.0479 e. The van der Waals surface area contributed by atoms with Gasteiger partial charge < -0.3 is 5.11 Å². The Hall–Kier alpha value is -0.120. The summed E-state index contributed by atoms with van der Waals surface area (Å²) in [5.74, 6) is 0. The first-order valence-electron chi connectivity index (χ1n) is 2.37. The Morgan fingerprint density at radius 3 is 1.25 bits per heavy atom. The first-order valence-corrected chi connectivity index (χ1v) is 2.37. The molecule has 0 unspecified atom stereocenters. The molecule has 0 aliphatic rings. The highest BCUT2D eigenvalue weighted by Gasteiger charge is 2.05. The van der Waals surface area contributed by atoms with Crippen molar-refractivity contribution in [1.82, 2.24) is 0 Å². The second-order valence-corrected chi connectivity index (χ2v) is 2.72. The number of aliphatic hydroxyl groups is 1. The van der Waals surface area contributed by atoms with Crippen LogP contribution in [-0.2, 0) is 0 Å². The molecule has 3 nitrogen and oxygen atoms in total. The summed E-state index contributed by atoms with van der Waals surface area (Å²) in [5, 5.41) is 20.4. The average Bonchev–Trinajstić information content (AvgIpc) is 1.71. The van der Waals surface area contributed by atoms with Gasteiger partial charge in [0.2, 0.25) is 0 Å². The zero-order chi connectivity index (χ0) is 7.21. The van der Waals surface area contributed by atoms with E-state index in [1.165, 1.54) is 0 Å². The van der Waals surface area contributed by atoms with Crippen LogP contribution >= 0.6 is 0 Å². The van der Waals surface area contributed by atoms with E-state index in [2.05, 4.69) is 0 Å². The molecule has 0 aliphatic carbocycles. The van der Waals surface area contributed by atoms with Crippen molar-refractivity contribution < 1.29 is 15.6 Å². The predicted octanol–water partition coefficient (Wildman–Crippen LogP) is 1.04. The Morgan fingerprint density at radius 2 is 1.25 bits per heavy atom. The molecule has 0 rings (SSSR count). The van der Waals surface area contributed by atoms with Gasteiger partial charge in [0.05, 0.1) is 0 Å². The lowest BCUT2D eigenvalue weighted by molar-refractivity contribution is -0.176. The van der Waals surface area contributed by atoms with Crippen molar-refractivity contribution in [2.75, 3.05) is 6.61 Å². The van der Waals surface area contributed by atoms with E-state index in [1.54, 1.807) is 0 Å². The molecule has 0 aromatic carbocycles. The van der Waals surface area contributed by atoms with E-state index < -0.39 is 0 Å². The summed E-state index contributed by atoms with van der Waals surface area (Å²) in [6.07, 6.45) is 0. The van der Waals surface area contributed by atoms with Crippen molar-refractivity contribution in [2.24, 2.45) is 5.41 Å². The lowest BCUT2D eigenvalue weighted by Gasteiger charge is -2.11. The van der Waals surface area contributed by atoms with Gasteiger partial charge in [-0.3, -0.25) is 10.5 Å². The lowest BCUT2D eigenvalue weighted by atomic mass is 9.99. The molecule has 0 fully saturated rings. The third-order valence-electron chi connectivity index (χ3n) is 0.474. The van der Waals surface area contributed by atoms with Crippen LogP contribution in [0.2, 0.25) is 0 Å². The van der Waals surface area contributed by atoms with Crippen molar-refractivity contribution in [3.8, 4) is 0 Å². The molecule has 0 saturated heterocycles. The molecule has 0 saturated carbocycles. The molecular formula is C5H14O3. The first-order chi connectivity index (χ1) is 3.56. The molecule has 0 atom stereocenters. The number of hydrogen-bond acceptors (Lipinski definition) is 3. The largest absolute Gasteiger partial charge is 0.396 e. The SMILES string of the molecule is CC(C)(C)CO.OO. The van der Waals surface area contributed by atoms with Gasteiger partial charge in [-0.25, -0.2) is 0 Å². The Morgan fingerprint density at radius 1 is 1.12 bits per heavy atom. The lowest BCUT2D eigenvalue weighted by Crippen LogP contribution is -2.09. The molecule has 0 bridgehead atoms. The van der Waals surface area contributed by atoms with Crippen molar-refractivity contribution in [3.05, 3.63) is 0 Å². The third kappa shape index (κ3) is 16.9. The summed E-state index contributed by atoms with van der Waals surface area (Å²) in [6.45, 7) is 6.25. The van der Waals surface area contributed by atoms with Crippen molar-refractivity contribution >= 4 is 0 Å². The van der Waals surface area contributed by atoms with Gasteiger partial charge in [-0.15, -0.1) is 0 Å². The Bertz CT molecular complexity index is 37.4. The minimum Gasteiger partial charge on any atom is -0.396 e. The van der Waals surface area contributed by atoms with E-state index in [0.29, 0.717) is 0 Å². The third-order valence-corrected chi connectivity index (χ3v) is 0.474. The fraction of sp³-hybridized carbons (Fsp3) is 1.00. The zero-order valence-electron chi connectivity index (χ0n) is 5.55. The zero-order valence-corrected chi connectivity index (χ0v) is 5.55. The highest BCUT2D eigenvalue weighted by atomic mass is 17.0. The molecule has 0 amide bonds. The van der Waals surface area contributed by atoms with Crippen LogP contribution < -0.4 is 0 Å². The van der Waals surface area contributed by atoms with Crippen LogP contribution in [-0.4, -0.2) is 22.2 Å². The molecule has 8 heavy (non-hydrogen) atoms. The number of hydrogen-bond donors (Lipinski definition) is 3. The van der Waals surface area contributed by atoms with Crippen molar-refractivity contribution in [3.63, 3.8) is 0 Å². The van der Waals surface area contributed by atoms with E-state index in [0.717, 1.165) is 0 Å². The minimum absolute atomic E-state index is 0.0972. The van der Waals surface area contributed by atoms with Crippen LogP contribution in [0.1, 0.15) is 20.8 Å². The standard InChI is InChI=1S/C5H12O.H2O2/c1-5(2,3)4-6;1-2/h6H,4H2,1-3H3;1-2H. The normalized spacial score (nSPS) is 9.75. The van der Waals surface area contributed by atoms with E-state index in [-0.39, 0.29) is 12.0 Å². The second kappa shape index (κ2) is 5.03. The van der Waals surface area contributed by atoms with Crippen LogP contribution in [0.4, 0.5) is 0 Å². The van der Waals surface area contributed by atoms with Gasteiger partial charge in [0, 0.05) is 6.61 Å². The maximum Gasteiger partial charge on any atom is 0.0479 e. The maximum absolute atomic E-state index is 8.40. The average molecular weight is 122 g/mol. The molecule has 0 aromatic heterocycles. The maximum atomic E-state index is 8.40. The highest BCUT2D eigenvalue weighted by Crippen LogP contribution is 2.09. The quantitative estimate of drug-likeness (QED) is 0.332. The summed E-state index contributed by atoms with van der Waals surface area (Å²) in [4.78, 5) is 0. The summed E-state index contributed by atoms with van der Waals surface area (Å²) in [5.41, 5.74) is 0.0972. The summed E-state index contributed by atoms with van der Waals surface area (Å²) >= 11 is 0. The minimum atomic E-state index is 0.0972. The topological polar surface area (TPSA) is 60.7 Å². The molecule has 52 valence electrons. The van der Waals surface area contributed by atoms with Crippen LogP contribution in [0, 0.1) is 5.41 Å². The molecule has 0 aliphatic heterocycles. The predicted molar refractivity (Wildman–Crippen MR) is 31.8 cm³/mol. The van der Waals surface area contributed by atoms with Crippen LogP contribution in [0.15, 0.2) is 0 Å². The Balaban J connectivity index is 0. The van der Waals surface area contributed by atoms with Crippen molar-refractivity contribution in [1.29, 1.82) is 0 Å². The molecule has 0 aromatic rings. The first kappa shape index (κ1) is 10.8. The van der Waals surface area contributed by atoms with Crippen LogP contribution in [0.25, 0.3) is 0 Å². The van der Waals surface area contributed by atoms with Crippen molar-refractivity contribution in [2.45, 2.75) is 20.8 Å². The second-order valence-electron chi connectivity index (χ2n) is 2.72. The fourth-order valence-electron chi connectivity index (χ4n) is 0. The summed E-state index contributed by atoms with van der Waals surface area (Å²) in [6, 6.07) is 0. The monoisotopic (exact) mass is 122 g/mol. The van der Waals surface area contributed by atoms with E-state index in [1.807, 2.05) is 20.8 Å². The molecule has 3 N–H and O–H groups in total. The number of aliphatic hydroxyl groups excluding tert-OH is 1. The summed E-state index contributed by atoms with van der Waals surface area (Å²) < 4.78 is 0. The number of rotatable bonds is 0. The van der Waals surface area contributed by atoms with E-state index >= 15 is 0 Å². The molecule has 0 spiro atoms. The van der Waals surface area contributed by atoms with Gasteiger partial charge in [-0.1, -0.05) is 20.8 Å². The van der Waals surface area contributed by atoms with Gasteiger partial charge in [0.15, 0.2) is 0 Å². The van der Waals surface area contributed by atoms with Crippen LogP contribution in [0.3, 0.4) is 0 Å². The molecule has 0 heterocycles. The van der Waals surface area contributed by atoms with Gasteiger partial charge in [0.1, 0.15) is 0 Å². The fourth-order valence-corrected chi connectivity index (χ4v) is 0. The Labute approximate surface area is 49.5 Å². The summed E-state index contributed by atoms with van der Waals surface area (Å²) in [7, 11) is 0. The highest BCUT2D eigenvalue weighted by molar-refractivity contribution is 4.55. The molecule has 3 heteroatoms. The van der Waals surface area contributed by atoms with Gasteiger partial charge in [-0.05, 0) is 5.41 Å². The Kier molecular flexibility index (Phi) is 6.78. The molecular weight excluding hydrogens is 108 g/mol. The van der Waals surface area contributed by atoms with Gasteiger partial charge in [-0.2, -0.15) is 0 Å². The van der Waals surface area contributed by atoms with Gasteiger partial charge in [0.25, 0.3) is 0 Å². The van der Waals surface area contributed by atoms with Crippen LogP contribution in [0.5, 0.6) is 0 Å². The van der Waals surface area contributed by atoms with E-state index in [4.69, 9.17) is 15.6 Å².